The van der Waals surface area contributed by atoms with Crippen LogP contribution in [0.2, 0.25) is 0 Å². The Morgan fingerprint density at radius 1 is 1.32 bits per heavy atom. The second-order valence-corrected chi connectivity index (χ2v) is 7.48. The quantitative estimate of drug-likeness (QED) is 0.784. The van der Waals surface area contributed by atoms with Crippen LogP contribution in [0.3, 0.4) is 0 Å². The van der Waals surface area contributed by atoms with E-state index in [9.17, 15) is 4.79 Å². The van der Waals surface area contributed by atoms with Gasteiger partial charge in [0.25, 0.3) is 5.91 Å². The number of piperidine rings is 1. The number of nitrogens with zero attached hydrogens (tertiary/aromatic N) is 4. The average molecular weight is 355 g/mol. The second kappa shape index (κ2) is 6.57. The molecule has 2 aromatic heterocycles. The first-order valence-corrected chi connectivity index (χ1v) is 9.37. The highest BCUT2D eigenvalue weighted by Gasteiger charge is 2.27. The third-order valence-corrected chi connectivity index (χ3v) is 5.98. The zero-order valence-corrected chi connectivity index (χ0v) is 15.0. The number of para-hydroxylation sites is 1. The van der Waals surface area contributed by atoms with Crippen LogP contribution in [0.1, 0.15) is 39.3 Å². The molecule has 130 valence electrons. The molecule has 1 aromatic carbocycles. The molecule has 3 aromatic rings. The maximum absolute atomic E-state index is 12.8. The van der Waals surface area contributed by atoms with Gasteiger partial charge in [0.2, 0.25) is 0 Å². The predicted octanol–water partition coefficient (Wildman–Crippen LogP) is 2.74. The minimum Gasteiger partial charge on any atom is -0.338 e. The molecule has 0 atom stereocenters. The van der Waals surface area contributed by atoms with Crippen molar-refractivity contribution < 1.29 is 4.79 Å². The van der Waals surface area contributed by atoms with E-state index in [1.54, 1.807) is 0 Å². The van der Waals surface area contributed by atoms with Crippen LogP contribution in [0.15, 0.2) is 30.5 Å². The lowest BCUT2D eigenvalue weighted by Gasteiger charge is -2.32. The van der Waals surface area contributed by atoms with Crippen molar-refractivity contribution in [3.63, 3.8) is 0 Å². The lowest BCUT2D eigenvalue weighted by Crippen LogP contribution is -2.39. The first-order chi connectivity index (χ1) is 12.2. The number of hydrogen-bond donors (Lipinski definition) is 1. The molecular weight excluding hydrogens is 334 g/mol. The molecule has 0 aliphatic carbocycles. The Labute approximate surface area is 150 Å². The van der Waals surface area contributed by atoms with Crippen molar-refractivity contribution in [1.82, 2.24) is 19.7 Å². The minimum absolute atomic E-state index is 0.0819. The third-order valence-electron chi connectivity index (χ3n) is 4.81. The highest BCUT2D eigenvalue weighted by molar-refractivity contribution is 7.13. The van der Waals surface area contributed by atoms with Crippen LogP contribution in [0.5, 0.6) is 0 Å². The number of thiazole rings is 1. The molecular formula is C18H21N5OS. The number of rotatable bonds is 3. The number of aryl methyl sites for hydroxylation is 1. The van der Waals surface area contributed by atoms with Crippen molar-refractivity contribution >= 4 is 28.1 Å². The van der Waals surface area contributed by atoms with E-state index in [0.29, 0.717) is 12.6 Å². The summed E-state index contributed by atoms with van der Waals surface area (Å²) < 4.78 is 2.11. The summed E-state index contributed by atoms with van der Waals surface area (Å²) in [7, 11) is 0. The SMILES string of the molecule is Cc1nc(CN)sc1C(=O)N1CCC(n2ncc3ccccc32)CC1. The van der Waals surface area contributed by atoms with Crippen LogP contribution in [0.25, 0.3) is 10.9 Å². The molecule has 0 bridgehead atoms. The van der Waals surface area contributed by atoms with Gasteiger partial charge in [0.15, 0.2) is 0 Å². The average Bonchev–Trinajstić information content (AvgIpc) is 3.24. The van der Waals surface area contributed by atoms with E-state index < -0.39 is 0 Å². The van der Waals surface area contributed by atoms with Gasteiger partial charge in [-0.3, -0.25) is 9.48 Å². The molecule has 3 heterocycles. The monoisotopic (exact) mass is 355 g/mol. The standard InChI is InChI=1S/C18H21N5OS/c1-12-17(25-16(10-19)21-12)18(24)22-8-6-14(7-9-22)23-15-5-3-2-4-13(15)11-20-23/h2-5,11,14H,6-10,19H2,1H3. The van der Waals surface area contributed by atoms with Crippen molar-refractivity contribution in [2.24, 2.45) is 5.73 Å². The topological polar surface area (TPSA) is 77.0 Å². The van der Waals surface area contributed by atoms with E-state index in [0.717, 1.165) is 52.4 Å². The number of nitrogens with two attached hydrogens (primary N) is 1. The predicted molar refractivity (Wildman–Crippen MR) is 98.6 cm³/mol. The zero-order valence-electron chi connectivity index (χ0n) is 14.2. The van der Waals surface area contributed by atoms with Crippen LogP contribution in [0, 0.1) is 6.92 Å². The smallest absolute Gasteiger partial charge is 0.265 e. The number of carbonyl (C=O) groups excluding carboxylic acids is 1. The van der Waals surface area contributed by atoms with E-state index in [1.165, 1.54) is 11.3 Å². The van der Waals surface area contributed by atoms with Gasteiger partial charge in [-0.25, -0.2) is 4.98 Å². The van der Waals surface area contributed by atoms with Crippen molar-refractivity contribution in [3.8, 4) is 0 Å². The lowest BCUT2D eigenvalue weighted by molar-refractivity contribution is 0.0695. The number of fused-ring (bicyclic) bond motifs is 1. The molecule has 0 unspecified atom stereocenters. The Bertz CT molecular complexity index is 907. The highest BCUT2D eigenvalue weighted by atomic mass is 32.1. The van der Waals surface area contributed by atoms with Gasteiger partial charge in [-0.1, -0.05) is 18.2 Å². The first-order valence-electron chi connectivity index (χ1n) is 8.55. The summed E-state index contributed by atoms with van der Waals surface area (Å²) in [5.74, 6) is 0.0819. The van der Waals surface area contributed by atoms with Crippen LogP contribution < -0.4 is 5.73 Å². The number of likely N-dealkylation sites (tertiary alicyclic amines) is 1. The van der Waals surface area contributed by atoms with E-state index in [2.05, 4.69) is 26.9 Å². The summed E-state index contributed by atoms with van der Waals surface area (Å²) in [4.78, 5) is 19.8. The third kappa shape index (κ3) is 2.94. The fourth-order valence-corrected chi connectivity index (χ4v) is 4.39. The van der Waals surface area contributed by atoms with Gasteiger partial charge < -0.3 is 10.6 Å². The lowest BCUT2D eigenvalue weighted by atomic mass is 10.0. The molecule has 2 N–H and O–H groups in total. The highest BCUT2D eigenvalue weighted by Crippen LogP contribution is 2.28. The van der Waals surface area contributed by atoms with Crippen LogP contribution in [-0.2, 0) is 6.54 Å². The van der Waals surface area contributed by atoms with Gasteiger partial charge in [0.05, 0.1) is 23.4 Å². The molecule has 1 amide bonds. The number of benzene rings is 1. The number of hydrogen-bond acceptors (Lipinski definition) is 5. The van der Waals surface area contributed by atoms with Gasteiger partial charge in [0, 0.05) is 25.0 Å². The minimum atomic E-state index is 0.0819. The molecule has 0 spiro atoms. The summed E-state index contributed by atoms with van der Waals surface area (Å²) in [5.41, 5.74) is 7.59. The molecule has 4 rings (SSSR count). The number of carbonyl (C=O) groups is 1. The van der Waals surface area contributed by atoms with E-state index in [-0.39, 0.29) is 5.91 Å². The van der Waals surface area contributed by atoms with Gasteiger partial charge in [0.1, 0.15) is 9.88 Å². The van der Waals surface area contributed by atoms with Crippen molar-refractivity contribution in [2.75, 3.05) is 13.1 Å². The fraction of sp³-hybridized carbons (Fsp3) is 0.389. The molecule has 7 heteroatoms. The molecule has 0 saturated carbocycles. The van der Waals surface area contributed by atoms with Crippen molar-refractivity contribution in [3.05, 3.63) is 46.0 Å². The summed E-state index contributed by atoms with van der Waals surface area (Å²) in [6, 6.07) is 8.60. The Hall–Kier alpha value is -2.25. The van der Waals surface area contributed by atoms with E-state index in [1.807, 2.05) is 30.2 Å². The molecule has 1 aliphatic heterocycles. The number of aromatic nitrogens is 3. The maximum Gasteiger partial charge on any atom is 0.265 e. The van der Waals surface area contributed by atoms with Gasteiger partial charge in [-0.05, 0) is 25.8 Å². The van der Waals surface area contributed by atoms with Crippen molar-refractivity contribution in [2.45, 2.75) is 32.4 Å². The number of amides is 1. The molecule has 0 radical (unpaired) electrons. The Morgan fingerprint density at radius 3 is 2.80 bits per heavy atom. The van der Waals surface area contributed by atoms with Gasteiger partial charge in [-0.2, -0.15) is 5.10 Å². The Morgan fingerprint density at radius 2 is 2.08 bits per heavy atom. The van der Waals surface area contributed by atoms with E-state index in [4.69, 9.17) is 5.73 Å². The molecule has 1 aliphatic rings. The van der Waals surface area contributed by atoms with Crippen LogP contribution in [0.4, 0.5) is 0 Å². The van der Waals surface area contributed by atoms with Crippen LogP contribution >= 0.6 is 11.3 Å². The fourth-order valence-electron chi connectivity index (χ4n) is 3.48. The zero-order chi connectivity index (χ0) is 17.4. The second-order valence-electron chi connectivity index (χ2n) is 6.40. The molecule has 6 nitrogen and oxygen atoms in total. The molecule has 25 heavy (non-hydrogen) atoms. The summed E-state index contributed by atoms with van der Waals surface area (Å²) in [6.07, 6.45) is 3.75. The summed E-state index contributed by atoms with van der Waals surface area (Å²) >= 11 is 1.42. The maximum atomic E-state index is 12.8. The summed E-state index contributed by atoms with van der Waals surface area (Å²) in [5, 5.41) is 6.55. The Balaban J connectivity index is 1.47. The Kier molecular flexibility index (Phi) is 4.27. The first kappa shape index (κ1) is 16.2. The summed E-state index contributed by atoms with van der Waals surface area (Å²) in [6.45, 7) is 3.75. The normalized spacial score (nSPS) is 15.8. The largest absolute Gasteiger partial charge is 0.338 e. The molecule has 1 saturated heterocycles. The molecule has 1 fully saturated rings. The van der Waals surface area contributed by atoms with Crippen LogP contribution in [-0.4, -0.2) is 38.7 Å². The van der Waals surface area contributed by atoms with E-state index >= 15 is 0 Å². The van der Waals surface area contributed by atoms with Gasteiger partial charge in [-0.15, -0.1) is 11.3 Å². The van der Waals surface area contributed by atoms with Gasteiger partial charge >= 0.3 is 0 Å². The van der Waals surface area contributed by atoms with Crippen molar-refractivity contribution in [1.29, 1.82) is 0 Å².